The van der Waals surface area contributed by atoms with Gasteiger partial charge in [-0.3, -0.25) is 0 Å². The van der Waals surface area contributed by atoms with E-state index in [-0.39, 0.29) is 6.71 Å². The molecule has 0 saturated heterocycles. The van der Waals surface area contributed by atoms with Gasteiger partial charge in [0, 0.05) is 89.8 Å². The summed E-state index contributed by atoms with van der Waals surface area (Å²) in [4.78, 5) is 10.0. The first-order chi connectivity index (χ1) is 48.6. The van der Waals surface area contributed by atoms with Gasteiger partial charge in [0.05, 0.1) is 33.4 Å². The molecule has 0 saturated carbocycles. The SMILES string of the molecule is Cc1cc(C)c(N2c3cc4c5cc6ccc(N(c7ccccc7)c7ccccc7)cc6cc5n(-c5ccccc5)c4cc3B3c4cc5c(cc4N(c4c(C)cc(C)cc4C)c4cccc2c43)c2cc3ccc(N(c4ccccc4)c4ccccc4)cc3cc2n5-c2ccccc2)c(C)c1. The Morgan fingerprint density at radius 3 is 0.929 bits per heavy atom. The van der Waals surface area contributed by atoms with Crippen LogP contribution < -0.4 is 36.0 Å². The third kappa shape index (κ3) is 9.18. The predicted molar refractivity (Wildman–Crippen MR) is 422 cm³/mol. The highest BCUT2D eigenvalue weighted by molar-refractivity contribution is 7.00. The van der Waals surface area contributed by atoms with Crippen LogP contribution in [0.1, 0.15) is 33.4 Å². The summed E-state index contributed by atoms with van der Waals surface area (Å²) in [6.07, 6.45) is 0. The molecule has 2 aliphatic rings. The second-order valence-electron chi connectivity index (χ2n) is 27.3. The van der Waals surface area contributed by atoms with Crippen LogP contribution in [-0.2, 0) is 0 Å². The van der Waals surface area contributed by atoms with Gasteiger partial charge in [0.15, 0.2) is 0 Å². The number of aromatic nitrogens is 2. The Labute approximate surface area is 577 Å². The third-order valence-corrected chi connectivity index (χ3v) is 21.0. The molecule has 17 aromatic rings. The highest BCUT2D eigenvalue weighted by atomic mass is 15.2. The van der Waals surface area contributed by atoms with E-state index in [4.69, 9.17) is 0 Å². The monoisotopic (exact) mass is 1270 g/mol. The molecule has 99 heavy (non-hydrogen) atoms. The second-order valence-corrected chi connectivity index (χ2v) is 27.3. The summed E-state index contributed by atoms with van der Waals surface area (Å²) in [7, 11) is 0. The van der Waals surface area contributed by atoms with Gasteiger partial charge in [-0.15, -0.1) is 0 Å². The van der Waals surface area contributed by atoms with E-state index in [0.29, 0.717) is 0 Å². The van der Waals surface area contributed by atoms with Crippen LogP contribution in [0.15, 0.2) is 309 Å². The molecule has 0 unspecified atom stereocenters. The van der Waals surface area contributed by atoms with E-state index in [1.807, 2.05) is 0 Å². The van der Waals surface area contributed by atoms with Crippen molar-refractivity contribution < 1.29 is 0 Å². The molecule has 0 radical (unpaired) electrons. The largest absolute Gasteiger partial charge is 0.311 e. The minimum absolute atomic E-state index is 0.198. The highest BCUT2D eigenvalue weighted by Crippen LogP contribution is 2.51. The molecule has 0 atom stereocenters. The first kappa shape index (κ1) is 58.1. The van der Waals surface area contributed by atoms with E-state index in [1.54, 1.807) is 0 Å². The lowest BCUT2D eigenvalue weighted by molar-refractivity contribution is 1.17. The Kier molecular flexibility index (Phi) is 13.3. The topological polar surface area (TPSA) is 22.8 Å². The molecule has 4 heterocycles. The first-order valence-corrected chi connectivity index (χ1v) is 34.5. The zero-order valence-electron chi connectivity index (χ0n) is 56.2. The number of hydrogen-bond donors (Lipinski definition) is 0. The van der Waals surface area contributed by atoms with E-state index in [2.05, 4.69) is 380 Å². The molecule has 0 bridgehead atoms. The predicted octanol–water partition coefficient (Wildman–Crippen LogP) is 23.1. The molecule has 0 N–H and O–H groups in total. The summed E-state index contributed by atoms with van der Waals surface area (Å²) in [6.45, 7) is 13.5. The van der Waals surface area contributed by atoms with Crippen LogP contribution in [0.2, 0.25) is 0 Å². The fourth-order valence-electron chi connectivity index (χ4n) is 17.1. The Morgan fingerprint density at radius 1 is 0.253 bits per heavy atom. The zero-order chi connectivity index (χ0) is 66.3. The summed E-state index contributed by atoms with van der Waals surface area (Å²) >= 11 is 0. The molecule has 2 aromatic heterocycles. The summed E-state index contributed by atoms with van der Waals surface area (Å²) in [5.41, 5.74) is 31.9. The lowest BCUT2D eigenvalue weighted by Crippen LogP contribution is -2.61. The Hall–Kier alpha value is -12.3. The second kappa shape index (κ2) is 22.7. The number of hydrogen-bond acceptors (Lipinski definition) is 4. The van der Waals surface area contributed by atoms with Crippen LogP contribution >= 0.6 is 0 Å². The van der Waals surface area contributed by atoms with E-state index in [0.717, 1.165) is 67.6 Å². The summed E-state index contributed by atoms with van der Waals surface area (Å²) < 4.78 is 5.08. The Bertz CT molecular complexity index is 5630. The number of fused-ring (bicyclic) bond motifs is 12. The fourth-order valence-corrected chi connectivity index (χ4v) is 17.1. The van der Waals surface area contributed by atoms with Gasteiger partial charge in [0.2, 0.25) is 0 Å². The first-order valence-electron chi connectivity index (χ1n) is 34.5. The van der Waals surface area contributed by atoms with Crippen LogP contribution in [0.5, 0.6) is 0 Å². The smallest absolute Gasteiger partial charge is 0.252 e. The van der Waals surface area contributed by atoms with Gasteiger partial charge in [-0.2, -0.15) is 0 Å². The standard InChI is InChI=1S/C92H69BN6/c1-58-44-60(3)91(61(4)45-58)98-82-38-25-39-83-90(82)93(80-56-86-78(54-88(80)98)76-50-64-40-42-74(48-66(64)52-84(76)96(86)72-34-21-11-22-35-72)94(68-26-13-7-14-27-68)69-28-15-8-16-29-69)81-57-87-79(55-89(81)99(83)92-62(5)46-59(2)47-63(92)6)77-51-65-41-43-75(49-67(65)53-85(77)97(87)73-36-23-12-24-37-73)95(70-30-17-9-18-31-70)71-32-19-10-20-33-71/h7-57H,1-6H3. The summed E-state index contributed by atoms with van der Waals surface area (Å²) in [5.74, 6) is 0. The van der Waals surface area contributed by atoms with Crippen molar-refractivity contribution in [1.29, 1.82) is 0 Å². The summed E-state index contributed by atoms with van der Waals surface area (Å²) in [5, 5.41) is 9.53. The molecule has 0 spiro atoms. The van der Waals surface area contributed by atoms with Crippen molar-refractivity contribution in [3.8, 4) is 11.4 Å². The van der Waals surface area contributed by atoms with Gasteiger partial charge >= 0.3 is 0 Å². The van der Waals surface area contributed by atoms with Crippen LogP contribution in [-0.4, -0.2) is 15.8 Å². The molecule has 0 fully saturated rings. The van der Waals surface area contributed by atoms with Gasteiger partial charge in [-0.05, 0) is 259 Å². The maximum atomic E-state index is 2.64. The molecule has 6 nitrogen and oxygen atoms in total. The van der Waals surface area contributed by atoms with E-state index in [9.17, 15) is 0 Å². The number of para-hydroxylation sites is 6. The third-order valence-electron chi connectivity index (χ3n) is 21.0. The van der Waals surface area contributed by atoms with Crippen molar-refractivity contribution in [2.45, 2.75) is 41.5 Å². The molecule has 2 aliphatic heterocycles. The Morgan fingerprint density at radius 2 is 0.576 bits per heavy atom. The van der Waals surface area contributed by atoms with Crippen LogP contribution in [0, 0.1) is 41.5 Å². The van der Waals surface area contributed by atoms with E-state index in [1.165, 1.54) is 127 Å². The number of anilines is 12. The molecule has 15 aromatic carbocycles. The maximum absolute atomic E-state index is 2.64. The van der Waals surface area contributed by atoms with Gasteiger partial charge in [0.25, 0.3) is 6.71 Å². The van der Waals surface area contributed by atoms with Crippen molar-refractivity contribution >= 4 is 157 Å². The molecule has 19 rings (SSSR count). The molecular formula is C92H69BN6. The lowest BCUT2D eigenvalue weighted by Gasteiger charge is -2.45. The van der Waals surface area contributed by atoms with Gasteiger partial charge in [-0.1, -0.05) is 163 Å². The number of nitrogens with zero attached hydrogens (tertiary/aromatic N) is 6. The normalized spacial score (nSPS) is 12.5. The van der Waals surface area contributed by atoms with Crippen LogP contribution in [0.25, 0.3) is 76.5 Å². The van der Waals surface area contributed by atoms with Crippen molar-refractivity contribution in [2.75, 3.05) is 19.6 Å². The van der Waals surface area contributed by atoms with Crippen molar-refractivity contribution in [3.63, 3.8) is 0 Å². The van der Waals surface area contributed by atoms with E-state index < -0.39 is 0 Å². The van der Waals surface area contributed by atoms with Crippen molar-refractivity contribution in [2.24, 2.45) is 0 Å². The molecule has 0 aliphatic carbocycles. The maximum Gasteiger partial charge on any atom is 0.252 e. The van der Waals surface area contributed by atoms with Crippen LogP contribution in [0.3, 0.4) is 0 Å². The molecule has 7 heteroatoms. The minimum Gasteiger partial charge on any atom is -0.311 e. The Balaban J connectivity index is 0.910. The molecular weight excluding hydrogens is 1200 g/mol. The summed E-state index contributed by atoms with van der Waals surface area (Å²) in [6, 6.07) is 116. The number of aryl methyl sites for hydroxylation is 6. The average Bonchev–Trinajstić information content (AvgIpc) is 1.64. The molecule has 470 valence electrons. The van der Waals surface area contributed by atoms with Gasteiger partial charge < -0.3 is 28.7 Å². The highest BCUT2D eigenvalue weighted by Gasteiger charge is 2.45. The quantitative estimate of drug-likeness (QED) is 0.127. The van der Waals surface area contributed by atoms with E-state index >= 15 is 0 Å². The van der Waals surface area contributed by atoms with Gasteiger partial charge in [-0.25, -0.2) is 0 Å². The fraction of sp³-hybridized carbons (Fsp3) is 0.0652. The van der Waals surface area contributed by atoms with Crippen LogP contribution in [0.4, 0.5) is 68.2 Å². The lowest BCUT2D eigenvalue weighted by atomic mass is 9.33. The minimum atomic E-state index is -0.198. The number of benzene rings is 15. The number of rotatable bonds is 10. The van der Waals surface area contributed by atoms with Gasteiger partial charge in [0.1, 0.15) is 0 Å². The van der Waals surface area contributed by atoms with Crippen molar-refractivity contribution in [1.82, 2.24) is 9.13 Å². The average molecular weight is 1270 g/mol. The van der Waals surface area contributed by atoms with Crippen molar-refractivity contribution in [3.05, 3.63) is 343 Å². The molecule has 0 amide bonds. The zero-order valence-corrected chi connectivity index (χ0v) is 56.2.